The molecular weight excluding hydrogens is 435 g/mol. The number of aryl methyl sites for hydroxylation is 1. The van der Waals surface area contributed by atoms with E-state index in [1.807, 2.05) is 25.1 Å². The lowest BCUT2D eigenvalue weighted by molar-refractivity contribution is -0.137. The summed E-state index contributed by atoms with van der Waals surface area (Å²) in [5.41, 5.74) is 0.242. The first-order valence-electron chi connectivity index (χ1n) is 10.4. The highest BCUT2D eigenvalue weighted by Crippen LogP contribution is 2.35. The molecule has 0 spiro atoms. The fourth-order valence-electron chi connectivity index (χ4n) is 3.86. The van der Waals surface area contributed by atoms with E-state index >= 15 is 0 Å². The summed E-state index contributed by atoms with van der Waals surface area (Å²) < 4.78 is 40.3. The van der Waals surface area contributed by atoms with Crippen molar-refractivity contribution in [3.05, 3.63) is 59.2 Å². The van der Waals surface area contributed by atoms with E-state index in [2.05, 4.69) is 10.6 Å². The standard InChI is InChI=1S/C23H24F3N5O2/c1-3-15-6-4-5-7-19(15)29-22(33)30-10-11-31(20(14-30)21(32)28-2)17-9-8-16(13-27)18(12-17)23(24,25)26/h4-9,12,20H,3,10-11,14H2,1-2H3,(H,28,32)(H,29,33). The normalized spacial score (nSPS) is 16.2. The largest absolute Gasteiger partial charge is 0.417 e. The number of benzene rings is 2. The maximum Gasteiger partial charge on any atom is 0.417 e. The molecule has 33 heavy (non-hydrogen) atoms. The summed E-state index contributed by atoms with van der Waals surface area (Å²) in [6.45, 7) is 2.30. The topological polar surface area (TPSA) is 88.5 Å². The van der Waals surface area contributed by atoms with E-state index in [0.29, 0.717) is 5.69 Å². The van der Waals surface area contributed by atoms with Crippen LogP contribution in [0.4, 0.5) is 29.3 Å². The van der Waals surface area contributed by atoms with Crippen molar-refractivity contribution < 1.29 is 22.8 Å². The lowest BCUT2D eigenvalue weighted by Crippen LogP contribution is -2.60. The van der Waals surface area contributed by atoms with Gasteiger partial charge in [0.2, 0.25) is 5.91 Å². The number of rotatable bonds is 4. The zero-order valence-corrected chi connectivity index (χ0v) is 18.2. The molecule has 0 aromatic heterocycles. The molecule has 10 heteroatoms. The van der Waals surface area contributed by atoms with Gasteiger partial charge in [-0.25, -0.2) is 4.79 Å². The van der Waals surface area contributed by atoms with Crippen LogP contribution in [0, 0.1) is 11.3 Å². The SMILES string of the molecule is CCc1ccccc1NC(=O)N1CCN(c2ccc(C#N)c(C(F)(F)F)c2)C(C(=O)NC)C1. The molecule has 1 saturated heterocycles. The Morgan fingerprint density at radius 3 is 2.55 bits per heavy atom. The summed E-state index contributed by atoms with van der Waals surface area (Å²) in [4.78, 5) is 28.5. The number of hydrogen-bond acceptors (Lipinski definition) is 4. The van der Waals surface area contributed by atoms with Gasteiger partial charge in [-0.15, -0.1) is 0 Å². The van der Waals surface area contributed by atoms with Crippen molar-refractivity contribution in [1.82, 2.24) is 10.2 Å². The van der Waals surface area contributed by atoms with Gasteiger partial charge in [-0.05, 0) is 36.2 Å². The number of carbonyl (C=O) groups excluding carboxylic acids is 2. The molecule has 2 N–H and O–H groups in total. The molecule has 1 atom stereocenters. The minimum absolute atomic E-state index is 0.0127. The van der Waals surface area contributed by atoms with E-state index in [0.717, 1.165) is 24.1 Å². The van der Waals surface area contributed by atoms with Crippen molar-refractivity contribution in [1.29, 1.82) is 5.26 Å². The molecule has 1 unspecified atom stereocenters. The van der Waals surface area contributed by atoms with Gasteiger partial charge in [0.05, 0.1) is 23.7 Å². The van der Waals surface area contributed by atoms with Crippen LogP contribution in [0.2, 0.25) is 0 Å². The summed E-state index contributed by atoms with van der Waals surface area (Å²) in [5.74, 6) is -0.431. The van der Waals surface area contributed by atoms with Crippen molar-refractivity contribution in [2.45, 2.75) is 25.6 Å². The van der Waals surface area contributed by atoms with E-state index in [9.17, 15) is 22.8 Å². The number of alkyl halides is 3. The molecule has 1 aliphatic heterocycles. The third-order valence-electron chi connectivity index (χ3n) is 5.62. The molecular formula is C23H24F3N5O2. The molecule has 3 amide bonds. The molecule has 3 rings (SSSR count). The number of anilines is 2. The molecule has 174 valence electrons. The van der Waals surface area contributed by atoms with Crippen LogP contribution in [0.15, 0.2) is 42.5 Å². The highest BCUT2D eigenvalue weighted by atomic mass is 19.4. The van der Waals surface area contributed by atoms with Gasteiger partial charge in [-0.3, -0.25) is 4.79 Å². The molecule has 1 aliphatic rings. The lowest BCUT2D eigenvalue weighted by atomic mass is 10.0. The van der Waals surface area contributed by atoms with Gasteiger partial charge >= 0.3 is 12.2 Å². The van der Waals surface area contributed by atoms with Gasteiger partial charge in [0.1, 0.15) is 6.04 Å². The predicted octanol–water partition coefficient (Wildman–Crippen LogP) is 3.61. The van der Waals surface area contributed by atoms with E-state index in [-0.39, 0.29) is 31.4 Å². The average Bonchev–Trinajstić information content (AvgIpc) is 2.82. The Labute approximate surface area is 189 Å². The fraction of sp³-hybridized carbons (Fsp3) is 0.348. The van der Waals surface area contributed by atoms with Crippen LogP contribution in [0.25, 0.3) is 0 Å². The predicted molar refractivity (Wildman–Crippen MR) is 118 cm³/mol. The van der Waals surface area contributed by atoms with Crippen LogP contribution >= 0.6 is 0 Å². The van der Waals surface area contributed by atoms with Crippen LogP contribution in [0.3, 0.4) is 0 Å². The fourth-order valence-corrected chi connectivity index (χ4v) is 3.86. The second kappa shape index (κ2) is 9.81. The third-order valence-corrected chi connectivity index (χ3v) is 5.62. The number of nitrogens with one attached hydrogen (secondary N) is 2. The van der Waals surface area contributed by atoms with Crippen molar-refractivity contribution in [3.63, 3.8) is 0 Å². The third kappa shape index (κ3) is 5.19. The van der Waals surface area contributed by atoms with Gasteiger partial charge in [-0.2, -0.15) is 18.4 Å². The Morgan fingerprint density at radius 1 is 1.18 bits per heavy atom. The monoisotopic (exact) mass is 459 g/mol. The Balaban J connectivity index is 1.85. The van der Waals surface area contributed by atoms with Crippen LogP contribution in [0.1, 0.15) is 23.6 Å². The Kier molecular flexibility index (Phi) is 7.11. The summed E-state index contributed by atoms with van der Waals surface area (Å²) >= 11 is 0. The molecule has 2 aromatic carbocycles. The van der Waals surface area contributed by atoms with E-state index < -0.39 is 29.3 Å². The van der Waals surface area contributed by atoms with E-state index in [1.165, 1.54) is 22.9 Å². The van der Waals surface area contributed by atoms with Crippen LogP contribution in [0.5, 0.6) is 0 Å². The zero-order valence-electron chi connectivity index (χ0n) is 18.2. The van der Waals surface area contributed by atoms with E-state index in [4.69, 9.17) is 5.26 Å². The smallest absolute Gasteiger partial charge is 0.357 e. The van der Waals surface area contributed by atoms with Crippen LogP contribution in [-0.4, -0.2) is 49.6 Å². The number of nitriles is 1. The summed E-state index contributed by atoms with van der Waals surface area (Å²) in [6, 6.07) is 11.0. The number of piperazine rings is 1. The maximum absolute atomic E-state index is 13.4. The van der Waals surface area contributed by atoms with Crippen molar-refractivity contribution in [3.8, 4) is 6.07 Å². The Hall–Kier alpha value is -3.74. The second-order valence-corrected chi connectivity index (χ2v) is 7.55. The number of nitrogens with zero attached hydrogens (tertiary/aromatic N) is 3. The van der Waals surface area contributed by atoms with Crippen LogP contribution in [-0.2, 0) is 17.4 Å². The van der Waals surface area contributed by atoms with Gasteiger partial charge in [0.15, 0.2) is 0 Å². The number of para-hydroxylation sites is 1. The number of urea groups is 1. The number of hydrogen-bond donors (Lipinski definition) is 2. The van der Waals surface area contributed by atoms with Crippen molar-refractivity contribution in [2.24, 2.45) is 0 Å². The number of likely N-dealkylation sites (N-methyl/N-ethyl adjacent to an activating group) is 1. The van der Waals surface area contributed by atoms with Crippen molar-refractivity contribution in [2.75, 3.05) is 36.9 Å². The first-order valence-corrected chi connectivity index (χ1v) is 10.4. The van der Waals surface area contributed by atoms with Gasteiger partial charge in [0, 0.05) is 31.5 Å². The van der Waals surface area contributed by atoms with Gasteiger partial charge in [0.25, 0.3) is 0 Å². The Bertz CT molecular complexity index is 1080. The average molecular weight is 459 g/mol. The minimum Gasteiger partial charge on any atom is -0.357 e. The van der Waals surface area contributed by atoms with Gasteiger partial charge in [-0.1, -0.05) is 25.1 Å². The van der Waals surface area contributed by atoms with Crippen LogP contribution < -0.4 is 15.5 Å². The molecule has 0 radical (unpaired) electrons. The number of halogens is 3. The second-order valence-electron chi connectivity index (χ2n) is 7.55. The van der Waals surface area contributed by atoms with Crippen molar-refractivity contribution >= 4 is 23.3 Å². The molecule has 1 fully saturated rings. The highest BCUT2D eigenvalue weighted by Gasteiger charge is 2.37. The molecule has 7 nitrogen and oxygen atoms in total. The zero-order chi connectivity index (χ0) is 24.2. The molecule has 0 bridgehead atoms. The summed E-state index contributed by atoms with van der Waals surface area (Å²) in [6.07, 6.45) is -3.98. The molecule has 0 aliphatic carbocycles. The quantitative estimate of drug-likeness (QED) is 0.731. The molecule has 1 heterocycles. The highest BCUT2D eigenvalue weighted by molar-refractivity contribution is 5.92. The molecule has 2 aromatic rings. The lowest BCUT2D eigenvalue weighted by Gasteiger charge is -2.41. The number of amides is 3. The summed E-state index contributed by atoms with van der Waals surface area (Å²) in [5, 5.41) is 14.4. The van der Waals surface area contributed by atoms with Gasteiger partial charge < -0.3 is 20.4 Å². The number of carbonyl (C=O) groups is 2. The Morgan fingerprint density at radius 2 is 1.91 bits per heavy atom. The maximum atomic E-state index is 13.4. The molecule has 0 saturated carbocycles. The first kappa shape index (κ1) is 23.9. The van der Waals surface area contributed by atoms with E-state index in [1.54, 1.807) is 12.1 Å². The minimum atomic E-state index is -4.71. The summed E-state index contributed by atoms with van der Waals surface area (Å²) in [7, 11) is 1.43. The first-order chi connectivity index (χ1) is 15.7.